The lowest BCUT2D eigenvalue weighted by Gasteiger charge is -2.41. The number of fused-ring (bicyclic) bond motifs is 1. The highest BCUT2D eigenvalue weighted by Gasteiger charge is 2.41. The Morgan fingerprint density at radius 2 is 1.83 bits per heavy atom. The summed E-state index contributed by atoms with van der Waals surface area (Å²) in [5.74, 6) is 1.44. The molecule has 4 aliphatic heterocycles. The van der Waals surface area contributed by atoms with Crippen LogP contribution in [0.5, 0.6) is 0 Å². The number of hydrogen-bond donors (Lipinski definition) is 0. The third-order valence-electron chi connectivity index (χ3n) is 5.88. The van der Waals surface area contributed by atoms with E-state index in [1.807, 2.05) is 18.5 Å². The third kappa shape index (κ3) is 2.49. The van der Waals surface area contributed by atoms with Gasteiger partial charge in [-0.15, -0.1) is 0 Å². The first kappa shape index (κ1) is 14.4. The highest BCUT2D eigenvalue weighted by Crippen LogP contribution is 2.39. The molecule has 0 spiro atoms. The molecule has 5 heterocycles. The number of aromatic nitrogens is 1. The summed E-state index contributed by atoms with van der Waals surface area (Å²) in [5, 5.41) is 0. The van der Waals surface area contributed by atoms with Gasteiger partial charge >= 0.3 is 0 Å². The van der Waals surface area contributed by atoms with E-state index in [0.29, 0.717) is 6.04 Å². The Morgan fingerprint density at radius 3 is 2.71 bits per heavy atom. The summed E-state index contributed by atoms with van der Waals surface area (Å²) in [5.41, 5.74) is 3.08. The lowest BCUT2D eigenvalue weighted by Crippen LogP contribution is -2.49. The van der Waals surface area contributed by atoms with Crippen LogP contribution in [0, 0.1) is 17.7 Å². The number of anilines is 1. The van der Waals surface area contributed by atoms with Crippen molar-refractivity contribution in [2.45, 2.75) is 18.9 Å². The topological polar surface area (TPSA) is 19.4 Å². The van der Waals surface area contributed by atoms with Gasteiger partial charge in [0.05, 0.1) is 11.9 Å². The zero-order valence-electron chi connectivity index (χ0n) is 13.7. The van der Waals surface area contributed by atoms with Crippen molar-refractivity contribution in [3.63, 3.8) is 0 Å². The Morgan fingerprint density at radius 1 is 0.917 bits per heavy atom. The summed E-state index contributed by atoms with van der Waals surface area (Å²) in [6.07, 6.45) is 6.49. The molecule has 0 N–H and O–H groups in total. The molecule has 24 heavy (non-hydrogen) atoms. The van der Waals surface area contributed by atoms with Gasteiger partial charge in [-0.05, 0) is 48.4 Å². The van der Waals surface area contributed by atoms with Crippen LogP contribution < -0.4 is 4.90 Å². The first-order valence-corrected chi connectivity index (χ1v) is 8.94. The van der Waals surface area contributed by atoms with Crippen LogP contribution in [0.1, 0.15) is 12.8 Å². The molecule has 4 unspecified atom stereocenters. The summed E-state index contributed by atoms with van der Waals surface area (Å²) >= 11 is 0. The van der Waals surface area contributed by atoms with E-state index in [9.17, 15) is 4.39 Å². The van der Waals surface area contributed by atoms with Crippen molar-refractivity contribution < 1.29 is 4.39 Å². The van der Waals surface area contributed by atoms with Crippen LogP contribution in [0.4, 0.5) is 10.1 Å². The number of piperidine rings is 2. The van der Waals surface area contributed by atoms with Crippen LogP contribution in [0.15, 0.2) is 42.7 Å². The SMILES string of the molecule is Fc1cccc(-c2cncc(N3CC4CC5CC3CN(C5)C4)c2)c1. The lowest BCUT2D eigenvalue weighted by atomic mass is 9.84. The average molecular weight is 323 g/mol. The van der Waals surface area contributed by atoms with Gasteiger partial charge < -0.3 is 9.80 Å². The van der Waals surface area contributed by atoms with Gasteiger partial charge in [0.1, 0.15) is 5.82 Å². The Hall–Kier alpha value is -1.94. The van der Waals surface area contributed by atoms with Gasteiger partial charge in [0.25, 0.3) is 0 Å². The van der Waals surface area contributed by atoms with Crippen molar-refractivity contribution in [1.29, 1.82) is 0 Å². The quantitative estimate of drug-likeness (QED) is 0.844. The molecule has 1 aromatic carbocycles. The van der Waals surface area contributed by atoms with E-state index >= 15 is 0 Å². The Bertz CT molecular complexity index is 748. The van der Waals surface area contributed by atoms with Crippen LogP contribution in [-0.2, 0) is 0 Å². The fourth-order valence-corrected chi connectivity index (χ4v) is 5.01. The standard InChI is InChI=1S/C20H22FN3/c21-18-3-1-2-16(6-18)17-7-19(9-22-8-17)24-12-15-4-14-5-20(24)13-23(10-14)11-15/h1-3,6-9,14-15,20H,4-5,10-13H2. The second kappa shape index (κ2) is 5.55. The van der Waals surface area contributed by atoms with Crippen molar-refractivity contribution in [2.24, 2.45) is 11.8 Å². The number of pyridine rings is 1. The van der Waals surface area contributed by atoms with E-state index in [2.05, 4.69) is 20.9 Å². The highest BCUT2D eigenvalue weighted by atomic mass is 19.1. The highest BCUT2D eigenvalue weighted by molar-refractivity contribution is 5.67. The molecule has 4 fully saturated rings. The minimum atomic E-state index is -0.198. The summed E-state index contributed by atoms with van der Waals surface area (Å²) < 4.78 is 13.5. The molecule has 0 radical (unpaired) electrons. The monoisotopic (exact) mass is 323 g/mol. The molecule has 1 aromatic heterocycles. The van der Waals surface area contributed by atoms with E-state index in [1.165, 1.54) is 44.2 Å². The van der Waals surface area contributed by atoms with E-state index in [0.717, 1.165) is 29.5 Å². The molecule has 6 rings (SSSR count). The van der Waals surface area contributed by atoms with Crippen molar-refractivity contribution in [3.05, 3.63) is 48.5 Å². The van der Waals surface area contributed by atoms with Crippen molar-refractivity contribution >= 4 is 5.69 Å². The predicted octanol–water partition coefficient (Wildman–Crippen LogP) is 3.42. The molecule has 4 heteroatoms. The van der Waals surface area contributed by atoms with Crippen molar-refractivity contribution in [1.82, 2.24) is 9.88 Å². The molecule has 4 bridgehead atoms. The van der Waals surface area contributed by atoms with Gasteiger partial charge in [0.2, 0.25) is 0 Å². The summed E-state index contributed by atoms with van der Waals surface area (Å²) in [7, 11) is 0. The zero-order chi connectivity index (χ0) is 16.1. The molecule has 4 aliphatic rings. The molecular weight excluding hydrogens is 301 g/mol. The Balaban J connectivity index is 1.50. The van der Waals surface area contributed by atoms with E-state index in [1.54, 1.807) is 12.1 Å². The predicted molar refractivity (Wildman–Crippen MR) is 93.4 cm³/mol. The van der Waals surface area contributed by atoms with Crippen LogP contribution in [0.2, 0.25) is 0 Å². The average Bonchev–Trinajstić information content (AvgIpc) is 2.78. The van der Waals surface area contributed by atoms with Gasteiger partial charge in [-0.1, -0.05) is 12.1 Å². The van der Waals surface area contributed by atoms with Crippen molar-refractivity contribution in [3.8, 4) is 11.1 Å². The molecule has 2 aromatic rings. The smallest absolute Gasteiger partial charge is 0.123 e. The van der Waals surface area contributed by atoms with Gasteiger partial charge in [-0.25, -0.2) is 4.39 Å². The fraction of sp³-hybridized carbons (Fsp3) is 0.450. The second-order valence-corrected chi connectivity index (χ2v) is 7.67. The largest absolute Gasteiger partial charge is 0.366 e. The minimum Gasteiger partial charge on any atom is -0.366 e. The maximum Gasteiger partial charge on any atom is 0.123 e. The Labute approximate surface area is 142 Å². The minimum absolute atomic E-state index is 0.198. The number of nitrogens with zero attached hydrogens (tertiary/aromatic N) is 3. The van der Waals surface area contributed by atoms with E-state index in [-0.39, 0.29) is 5.82 Å². The molecular formula is C20H22FN3. The van der Waals surface area contributed by atoms with Gasteiger partial charge in [-0.2, -0.15) is 0 Å². The second-order valence-electron chi connectivity index (χ2n) is 7.67. The van der Waals surface area contributed by atoms with Crippen LogP contribution >= 0.6 is 0 Å². The normalized spacial score (nSPS) is 31.3. The third-order valence-corrected chi connectivity index (χ3v) is 5.88. The van der Waals surface area contributed by atoms with Crippen molar-refractivity contribution in [2.75, 3.05) is 31.1 Å². The van der Waals surface area contributed by atoms with Crippen LogP contribution in [-0.4, -0.2) is 42.1 Å². The van der Waals surface area contributed by atoms with Crippen LogP contribution in [0.3, 0.4) is 0 Å². The van der Waals surface area contributed by atoms with E-state index in [4.69, 9.17) is 0 Å². The Kier molecular flexibility index (Phi) is 3.33. The number of rotatable bonds is 2. The number of hydrogen-bond acceptors (Lipinski definition) is 3. The molecule has 0 amide bonds. The zero-order valence-corrected chi connectivity index (χ0v) is 13.7. The maximum atomic E-state index is 13.5. The molecule has 0 aliphatic carbocycles. The number of benzene rings is 1. The summed E-state index contributed by atoms with van der Waals surface area (Å²) in [6, 6.07) is 9.56. The van der Waals surface area contributed by atoms with E-state index < -0.39 is 0 Å². The maximum absolute atomic E-state index is 13.5. The molecule has 4 atom stereocenters. The number of halogens is 1. The molecule has 124 valence electrons. The lowest BCUT2D eigenvalue weighted by molar-refractivity contribution is 0.0980. The first-order valence-electron chi connectivity index (χ1n) is 8.94. The van der Waals surface area contributed by atoms with Gasteiger partial charge in [0.15, 0.2) is 0 Å². The van der Waals surface area contributed by atoms with Gasteiger partial charge in [0, 0.05) is 44.0 Å². The molecule has 0 saturated carbocycles. The first-order chi connectivity index (χ1) is 11.7. The van der Waals surface area contributed by atoms with Gasteiger partial charge in [-0.3, -0.25) is 4.98 Å². The molecule has 3 nitrogen and oxygen atoms in total. The summed E-state index contributed by atoms with van der Waals surface area (Å²) in [6.45, 7) is 4.85. The van der Waals surface area contributed by atoms with Crippen LogP contribution in [0.25, 0.3) is 11.1 Å². The summed E-state index contributed by atoms with van der Waals surface area (Å²) in [4.78, 5) is 9.68. The fourth-order valence-electron chi connectivity index (χ4n) is 5.01. The molecule has 4 saturated heterocycles.